The van der Waals surface area contributed by atoms with E-state index < -0.39 is 5.82 Å². The molecule has 3 rings (SSSR count). The molecule has 0 aliphatic heterocycles. The Morgan fingerprint density at radius 2 is 2.20 bits per heavy atom. The van der Waals surface area contributed by atoms with Crippen molar-refractivity contribution in [2.75, 3.05) is 6.61 Å². The van der Waals surface area contributed by atoms with Crippen molar-refractivity contribution < 1.29 is 13.9 Å². The van der Waals surface area contributed by atoms with Gasteiger partial charge < -0.3 is 10.1 Å². The highest BCUT2D eigenvalue weighted by Gasteiger charge is 2.07. The van der Waals surface area contributed by atoms with Gasteiger partial charge in [-0.25, -0.2) is 14.4 Å². The first-order chi connectivity index (χ1) is 12.1. The molecule has 25 heavy (non-hydrogen) atoms. The van der Waals surface area contributed by atoms with Gasteiger partial charge in [-0.1, -0.05) is 17.7 Å². The Morgan fingerprint density at radius 3 is 2.88 bits per heavy atom. The molecule has 0 aliphatic rings. The van der Waals surface area contributed by atoms with Crippen LogP contribution in [0.4, 0.5) is 4.39 Å². The Labute approximate surface area is 148 Å². The van der Waals surface area contributed by atoms with Crippen molar-refractivity contribution >= 4 is 17.5 Å². The van der Waals surface area contributed by atoms with E-state index in [0.717, 1.165) is 17.4 Å². The third-order valence-electron chi connectivity index (χ3n) is 3.32. The standard InChI is InChI=1S/C17H14ClFN4O2/c18-14-7-13(19)2-3-15(14)25-10-17(24)22-9-12-1-4-16(21-8-12)23-6-5-20-11-23/h1-8,11H,9-10H2,(H,22,24). The number of hydrogen-bond acceptors (Lipinski definition) is 4. The molecule has 0 saturated carbocycles. The van der Waals surface area contributed by atoms with Gasteiger partial charge in [0.25, 0.3) is 5.91 Å². The van der Waals surface area contributed by atoms with Crippen LogP contribution in [0.25, 0.3) is 5.82 Å². The number of imidazole rings is 1. The highest BCUT2D eigenvalue weighted by atomic mass is 35.5. The summed E-state index contributed by atoms with van der Waals surface area (Å²) in [5.41, 5.74) is 0.844. The van der Waals surface area contributed by atoms with E-state index in [1.165, 1.54) is 12.1 Å². The maximum Gasteiger partial charge on any atom is 0.258 e. The van der Waals surface area contributed by atoms with Crippen molar-refractivity contribution in [3.63, 3.8) is 0 Å². The fourth-order valence-corrected chi connectivity index (χ4v) is 2.28. The molecule has 0 bridgehead atoms. The van der Waals surface area contributed by atoms with E-state index >= 15 is 0 Å². The molecule has 1 N–H and O–H groups in total. The van der Waals surface area contributed by atoms with E-state index in [4.69, 9.17) is 16.3 Å². The third-order valence-corrected chi connectivity index (χ3v) is 3.62. The third kappa shape index (κ3) is 4.54. The van der Waals surface area contributed by atoms with E-state index in [9.17, 15) is 9.18 Å². The first-order valence-electron chi connectivity index (χ1n) is 7.39. The van der Waals surface area contributed by atoms with Crippen LogP contribution in [-0.4, -0.2) is 27.0 Å². The smallest absolute Gasteiger partial charge is 0.258 e. The topological polar surface area (TPSA) is 69.0 Å². The zero-order valence-corrected chi connectivity index (χ0v) is 13.8. The Kier molecular flexibility index (Phi) is 5.25. The number of amides is 1. The molecule has 1 amide bonds. The van der Waals surface area contributed by atoms with E-state index in [2.05, 4.69) is 15.3 Å². The Hall–Kier alpha value is -2.93. The summed E-state index contributed by atoms with van der Waals surface area (Å²) >= 11 is 5.83. The minimum atomic E-state index is -0.464. The molecule has 128 valence electrons. The van der Waals surface area contributed by atoms with Gasteiger partial charge in [0.05, 0.1) is 5.02 Å². The Morgan fingerprint density at radius 1 is 1.32 bits per heavy atom. The summed E-state index contributed by atoms with van der Waals surface area (Å²) in [5, 5.41) is 2.83. The van der Waals surface area contributed by atoms with Gasteiger partial charge >= 0.3 is 0 Å². The molecule has 0 saturated heterocycles. The lowest BCUT2D eigenvalue weighted by molar-refractivity contribution is -0.123. The van der Waals surface area contributed by atoms with E-state index in [-0.39, 0.29) is 23.3 Å². The predicted octanol–water partition coefficient (Wildman–Crippen LogP) is 2.76. The van der Waals surface area contributed by atoms with Gasteiger partial charge in [-0.05, 0) is 29.8 Å². The van der Waals surface area contributed by atoms with Crippen molar-refractivity contribution in [2.45, 2.75) is 6.54 Å². The number of halogens is 2. The summed E-state index contributed by atoms with van der Waals surface area (Å²) in [6.45, 7) is 0.0997. The SMILES string of the molecule is O=C(COc1ccc(F)cc1Cl)NCc1ccc(-n2ccnc2)nc1. The van der Waals surface area contributed by atoms with E-state index in [0.29, 0.717) is 6.54 Å². The molecule has 6 nitrogen and oxygen atoms in total. The predicted molar refractivity (Wildman–Crippen MR) is 90.1 cm³/mol. The summed E-state index contributed by atoms with van der Waals surface area (Å²) in [5.74, 6) is 0.207. The maximum atomic E-state index is 12.9. The average Bonchev–Trinajstić information content (AvgIpc) is 3.14. The normalized spacial score (nSPS) is 10.5. The van der Waals surface area contributed by atoms with Crippen LogP contribution in [0, 0.1) is 5.82 Å². The van der Waals surface area contributed by atoms with Gasteiger partial charge in [0, 0.05) is 25.1 Å². The fourth-order valence-electron chi connectivity index (χ4n) is 2.06. The number of carbonyl (C=O) groups is 1. The van der Waals surface area contributed by atoms with E-state index in [1.807, 2.05) is 12.1 Å². The molecular weight excluding hydrogens is 347 g/mol. The van der Waals surface area contributed by atoms with E-state index in [1.54, 1.807) is 29.5 Å². The number of pyridine rings is 1. The van der Waals surface area contributed by atoms with Crippen LogP contribution in [0.15, 0.2) is 55.2 Å². The van der Waals surface area contributed by atoms with Crippen molar-refractivity contribution in [3.8, 4) is 11.6 Å². The maximum absolute atomic E-state index is 12.9. The highest BCUT2D eigenvalue weighted by molar-refractivity contribution is 6.32. The molecule has 0 atom stereocenters. The minimum Gasteiger partial charge on any atom is -0.482 e. The second kappa shape index (κ2) is 7.76. The van der Waals surface area contributed by atoms with Gasteiger partial charge in [-0.3, -0.25) is 9.36 Å². The van der Waals surface area contributed by atoms with Gasteiger partial charge in [0.1, 0.15) is 23.7 Å². The summed E-state index contributed by atoms with van der Waals surface area (Å²) in [6, 6.07) is 7.41. The first-order valence-corrected chi connectivity index (χ1v) is 7.77. The largest absolute Gasteiger partial charge is 0.482 e. The lowest BCUT2D eigenvalue weighted by atomic mass is 10.3. The molecule has 0 fully saturated rings. The van der Waals surface area contributed by atoms with Crippen LogP contribution in [0.3, 0.4) is 0 Å². The van der Waals surface area contributed by atoms with Gasteiger partial charge in [0.2, 0.25) is 0 Å². The molecule has 0 radical (unpaired) electrons. The van der Waals surface area contributed by atoms with Gasteiger partial charge in [-0.15, -0.1) is 0 Å². The van der Waals surface area contributed by atoms with Gasteiger partial charge in [-0.2, -0.15) is 0 Å². The molecule has 3 aromatic rings. The number of aromatic nitrogens is 3. The Balaban J connectivity index is 1.49. The number of rotatable bonds is 6. The number of nitrogens with one attached hydrogen (secondary N) is 1. The number of ether oxygens (including phenoxy) is 1. The second-order valence-electron chi connectivity index (χ2n) is 5.13. The number of carbonyl (C=O) groups excluding carboxylic acids is 1. The quantitative estimate of drug-likeness (QED) is 0.734. The van der Waals surface area contributed by atoms with Crippen LogP contribution in [-0.2, 0) is 11.3 Å². The van der Waals surface area contributed by atoms with Crippen LogP contribution >= 0.6 is 11.6 Å². The first kappa shape index (κ1) is 16.9. The van der Waals surface area contributed by atoms with Crippen molar-refractivity contribution in [3.05, 3.63) is 71.7 Å². The summed E-state index contributed by atoms with van der Waals surface area (Å²) in [7, 11) is 0. The zero-order valence-electron chi connectivity index (χ0n) is 13.0. The van der Waals surface area contributed by atoms with Gasteiger partial charge in [0.15, 0.2) is 6.61 Å². The molecule has 0 spiro atoms. The molecule has 8 heteroatoms. The molecule has 2 aromatic heterocycles. The molecule has 0 aliphatic carbocycles. The lowest BCUT2D eigenvalue weighted by Crippen LogP contribution is -2.28. The average molecular weight is 361 g/mol. The minimum absolute atomic E-state index is 0.118. The molecule has 0 unspecified atom stereocenters. The van der Waals surface area contributed by atoms with Crippen LogP contribution in [0.2, 0.25) is 5.02 Å². The highest BCUT2D eigenvalue weighted by Crippen LogP contribution is 2.24. The summed E-state index contributed by atoms with van der Waals surface area (Å²) in [6.07, 6.45) is 6.79. The Bertz CT molecular complexity index is 854. The number of hydrogen-bond donors (Lipinski definition) is 1. The molecule has 2 heterocycles. The lowest BCUT2D eigenvalue weighted by Gasteiger charge is -2.09. The van der Waals surface area contributed by atoms with Crippen molar-refractivity contribution in [2.24, 2.45) is 0 Å². The monoisotopic (exact) mass is 360 g/mol. The van der Waals surface area contributed by atoms with Crippen LogP contribution < -0.4 is 10.1 Å². The second-order valence-corrected chi connectivity index (χ2v) is 5.54. The summed E-state index contributed by atoms with van der Waals surface area (Å²) in [4.78, 5) is 20.1. The number of nitrogens with zero attached hydrogens (tertiary/aromatic N) is 3. The summed E-state index contributed by atoms with van der Waals surface area (Å²) < 4.78 is 20.0. The van der Waals surface area contributed by atoms with Crippen LogP contribution in [0.1, 0.15) is 5.56 Å². The molecule has 1 aromatic carbocycles. The van der Waals surface area contributed by atoms with Crippen LogP contribution in [0.5, 0.6) is 5.75 Å². The fraction of sp³-hybridized carbons (Fsp3) is 0.118. The number of benzene rings is 1. The van der Waals surface area contributed by atoms with Crippen molar-refractivity contribution in [1.29, 1.82) is 0 Å². The van der Waals surface area contributed by atoms with Crippen molar-refractivity contribution in [1.82, 2.24) is 19.9 Å². The molecular formula is C17H14ClFN4O2. The zero-order chi connectivity index (χ0) is 17.6.